The van der Waals surface area contributed by atoms with E-state index in [1.807, 2.05) is 28.8 Å². The average molecular weight is 436 g/mol. The van der Waals surface area contributed by atoms with Crippen LogP contribution in [0.2, 0.25) is 5.02 Å². The summed E-state index contributed by atoms with van der Waals surface area (Å²) in [6.07, 6.45) is 6.43. The number of nitrogens with zero attached hydrogens (tertiary/aromatic N) is 3. The van der Waals surface area contributed by atoms with E-state index in [2.05, 4.69) is 27.8 Å². The van der Waals surface area contributed by atoms with E-state index in [1.54, 1.807) is 0 Å². The smallest absolute Gasteiger partial charge is 0.321 e. The third kappa shape index (κ3) is 6.75. The van der Waals surface area contributed by atoms with Gasteiger partial charge in [-0.3, -0.25) is 10.1 Å². The van der Waals surface area contributed by atoms with Crippen molar-refractivity contribution in [3.05, 3.63) is 29.3 Å². The van der Waals surface area contributed by atoms with E-state index in [0.717, 1.165) is 50.0 Å². The van der Waals surface area contributed by atoms with Gasteiger partial charge in [0.15, 0.2) is 11.0 Å². The van der Waals surface area contributed by atoms with Crippen LogP contribution < -0.4 is 10.6 Å². The number of amides is 3. The van der Waals surface area contributed by atoms with Gasteiger partial charge in [0.05, 0.1) is 5.75 Å². The summed E-state index contributed by atoms with van der Waals surface area (Å²) in [5.41, 5.74) is 0.928. The molecule has 0 spiro atoms. The second-order valence-electron chi connectivity index (χ2n) is 7.11. The molecule has 7 nitrogen and oxygen atoms in total. The summed E-state index contributed by atoms with van der Waals surface area (Å²) in [6, 6.07) is 7.26. The predicted molar refractivity (Wildman–Crippen MR) is 115 cm³/mol. The molecule has 0 atom stereocenters. The normalized spacial score (nSPS) is 13.3. The monoisotopic (exact) mass is 435 g/mol. The SMILES string of the molecule is CCCCCCn1c(SCC(=O)NC(=O)NC2CC2)nnc1-c1ccc(Cl)cc1. The zero-order chi connectivity index (χ0) is 20.6. The van der Waals surface area contributed by atoms with Crippen LogP contribution in [0.15, 0.2) is 29.4 Å². The van der Waals surface area contributed by atoms with Gasteiger partial charge in [0.2, 0.25) is 5.91 Å². The van der Waals surface area contributed by atoms with Crippen molar-refractivity contribution >= 4 is 35.3 Å². The Hall–Kier alpha value is -2.06. The van der Waals surface area contributed by atoms with E-state index in [9.17, 15) is 9.59 Å². The van der Waals surface area contributed by atoms with E-state index in [1.165, 1.54) is 18.2 Å². The molecule has 1 saturated carbocycles. The lowest BCUT2D eigenvalue weighted by atomic mass is 10.2. The fraction of sp³-hybridized carbons (Fsp3) is 0.500. The van der Waals surface area contributed by atoms with Crippen molar-refractivity contribution in [1.29, 1.82) is 0 Å². The zero-order valence-corrected chi connectivity index (χ0v) is 18.1. The Labute approximate surface area is 180 Å². The first-order chi connectivity index (χ1) is 14.1. The first kappa shape index (κ1) is 21.6. The maximum Gasteiger partial charge on any atom is 0.321 e. The zero-order valence-electron chi connectivity index (χ0n) is 16.5. The standard InChI is InChI=1S/C20H26ClN5O2S/c1-2-3-4-5-12-26-18(14-6-8-15(21)9-7-14)24-25-20(26)29-13-17(27)23-19(28)22-16-10-11-16/h6-9,16H,2-5,10-13H2,1H3,(H2,22,23,27,28). The lowest BCUT2D eigenvalue weighted by Gasteiger charge is -2.10. The van der Waals surface area contributed by atoms with Crippen LogP contribution in [0, 0.1) is 0 Å². The van der Waals surface area contributed by atoms with E-state index in [-0.39, 0.29) is 17.7 Å². The van der Waals surface area contributed by atoms with Gasteiger partial charge in [0.1, 0.15) is 0 Å². The van der Waals surface area contributed by atoms with Crippen LogP contribution in [-0.2, 0) is 11.3 Å². The number of nitrogens with one attached hydrogen (secondary N) is 2. The highest BCUT2D eigenvalue weighted by atomic mass is 35.5. The Morgan fingerprint density at radius 1 is 1.17 bits per heavy atom. The van der Waals surface area contributed by atoms with Crippen LogP contribution >= 0.6 is 23.4 Å². The minimum atomic E-state index is -0.430. The molecule has 1 heterocycles. The van der Waals surface area contributed by atoms with E-state index in [0.29, 0.717) is 10.2 Å². The molecule has 9 heteroatoms. The number of hydrogen-bond donors (Lipinski definition) is 2. The Balaban J connectivity index is 1.65. The summed E-state index contributed by atoms with van der Waals surface area (Å²) in [7, 11) is 0. The molecule has 0 bridgehead atoms. The summed E-state index contributed by atoms with van der Waals surface area (Å²) in [4.78, 5) is 23.8. The molecule has 0 aliphatic heterocycles. The van der Waals surface area contributed by atoms with Gasteiger partial charge in [-0.15, -0.1) is 10.2 Å². The van der Waals surface area contributed by atoms with Crippen molar-refractivity contribution < 1.29 is 9.59 Å². The molecule has 2 N–H and O–H groups in total. The molecule has 1 aromatic carbocycles. The number of carbonyl (C=O) groups is 2. The highest BCUT2D eigenvalue weighted by molar-refractivity contribution is 7.99. The van der Waals surface area contributed by atoms with Crippen molar-refractivity contribution in [2.45, 2.75) is 63.2 Å². The number of halogens is 1. The molecule has 1 aromatic heterocycles. The molecule has 3 amide bonds. The number of benzene rings is 1. The number of imide groups is 1. The Kier molecular flexibility index (Phi) is 7.94. The summed E-state index contributed by atoms with van der Waals surface area (Å²) in [5.74, 6) is 0.514. The van der Waals surface area contributed by atoms with Crippen molar-refractivity contribution in [2.75, 3.05) is 5.75 Å². The minimum absolute atomic E-state index is 0.103. The number of carbonyl (C=O) groups excluding carboxylic acids is 2. The molecule has 3 rings (SSSR count). The number of hydrogen-bond acceptors (Lipinski definition) is 5. The Morgan fingerprint density at radius 3 is 2.62 bits per heavy atom. The topological polar surface area (TPSA) is 88.9 Å². The van der Waals surface area contributed by atoms with Gasteiger partial charge in [-0.1, -0.05) is 49.5 Å². The van der Waals surface area contributed by atoms with Gasteiger partial charge >= 0.3 is 6.03 Å². The Morgan fingerprint density at radius 2 is 1.93 bits per heavy atom. The predicted octanol–water partition coefficient (Wildman–Crippen LogP) is 4.26. The quantitative estimate of drug-likeness (QED) is 0.430. The number of unbranched alkanes of at least 4 members (excludes halogenated alkanes) is 3. The fourth-order valence-corrected chi connectivity index (χ4v) is 3.74. The molecule has 29 heavy (non-hydrogen) atoms. The highest BCUT2D eigenvalue weighted by Gasteiger charge is 2.24. The summed E-state index contributed by atoms with van der Waals surface area (Å²) in [5, 5.41) is 15.1. The first-order valence-corrected chi connectivity index (χ1v) is 11.4. The van der Waals surface area contributed by atoms with Gasteiger partial charge in [-0.25, -0.2) is 4.79 Å². The van der Waals surface area contributed by atoms with E-state index >= 15 is 0 Å². The summed E-state index contributed by atoms with van der Waals surface area (Å²) in [6.45, 7) is 2.95. The average Bonchev–Trinajstić information content (AvgIpc) is 3.42. The third-order valence-corrected chi connectivity index (χ3v) is 5.77. The third-order valence-electron chi connectivity index (χ3n) is 4.55. The molecular weight excluding hydrogens is 410 g/mol. The summed E-state index contributed by atoms with van der Waals surface area (Å²) >= 11 is 7.29. The molecule has 1 aliphatic rings. The second kappa shape index (κ2) is 10.6. The Bertz CT molecular complexity index is 836. The van der Waals surface area contributed by atoms with Gasteiger partial charge in [0, 0.05) is 23.2 Å². The molecular formula is C20H26ClN5O2S. The lowest BCUT2D eigenvalue weighted by molar-refractivity contribution is -0.117. The van der Waals surface area contributed by atoms with Gasteiger partial charge in [-0.2, -0.15) is 0 Å². The summed E-state index contributed by atoms with van der Waals surface area (Å²) < 4.78 is 2.04. The van der Waals surface area contributed by atoms with Gasteiger partial charge in [-0.05, 0) is 43.5 Å². The first-order valence-electron chi connectivity index (χ1n) is 9.99. The molecule has 156 valence electrons. The lowest BCUT2D eigenvalue weighted by Crippen LogP contribution is -2.41. The van der Waals surface area contributed by atoms with Crippen LogP contribution in [0.4, 0.5) is 4.79 Å². The molecule has 0 unspecified atom stereocenters. The molecule has 1 fully saturated rings. The number of urea groups is 1. The van der Waals surface area contributed by atoms with Crippen LogP contribution in [-0.4, -0.2) is 38.5 Å². The maximum atomic E-state index is 12.1. The van der Waals surface area contributed by atoms with Crippen LogP contribution in [0.3, 0.4) is 0 Å². The maximum absolute atomic E-state index is 12.1. The van der Waals surface area contributed by atoms with Crippen LogP contribution in [0.25, 0.3) is 11.4 Å². The van der Waals surface area contributed by atoms with Crippen molar-refractivity contribution in [3.8, 4) is 11.4 Å². The highest BCUT2D eigenvalue weighted by Crippen LogP contribution is 2.26. The molecule has 1 aliphatic carbocycles. The van der Waals surface area contributed by atoms with Gasteiger partial charge in [0.25, 0.3) is 0 Å². The van der Waals surface area contributed by atoms with Gasteiger partial charge < -0.3 is 9.88 Å². The second-order valence-corrected chi connectivity index (χ2v) is 8.49. The van der Waals surface area contributed by atoms with E-state index < -0.39 is 6.03 Å². The van der Waals surface area contributed by atoms with Crippen LogP contribution in [0.1, 0.15) is 45.4 Å². The largest absolute Gasteiger partial charge is 0.335 e. The van der Waals surface area contributed by atoms with Crippen LogP contribution in [0.5, 0.6) is 0 Å². The minimum Gasteiger partial charge on any atom is -0.335 e. The fourth-order valence-electron chi connectivity index (χ4n) is 2.85. The van der Waals surface area contributed by atoms with Crippen molar-refractivity contribution in [3.63, 3.8) is 0 Å². The molecule has 0 saturated heterocycles. The van der Waals surface area contributed by atoms with E-state index in [4.69, 9.17) is 11.6 Å². The number of aromatic nitrogens is 3. The van der Waals surface area contributed by atoms with Crippen molar-refractivity contribution in [2.24, 2.45) is 0 Å². The molecule has 0 radical (unpaired) electrons. The van der Waals surface area contributed by atoms with Crippen molar-refractivity contribution in [1.82, 2.24) is 25.4 Å². The number of thioether (sulfide) groups is 1. The number of rotatable bonds is 10. The molecule has 2 aromatic rings.